The molecular weight excluding hydrogens is 356 g/mol. The molecule has 0 bridgehead atoms. The molecule has 6 nitrogen and oxygen atoms in total. The van der Waals surface area contributed by atoms with Crippen LogP contribution in [0.4, 0.5) is 0 Å². The third kappa shape index (κ3) is 6.02. The van der Waals surface area contributed by atoms with E-state index >= 15 is 0 Å². The summed E-state index contributed by atoms with van der Waals surface area (Å²) in [4.78, 5) is 14.7. The second kappa shape index (κ2) is 10.8. The normalized spacial score (nSPS) is 15.8. The number of furan rings is 1. The number of piperidine rings is 1. The van der Waals surface area contributed by atoms with E-state index in [-0.39, 0.29) is 11.9 Å². The van der Waals surface area contributed by atoms with Crippen LogP contribution >= 0.6 is 0 Å². The van der Waals surface area contributed by atoms with E-state index < -0.39 is 0 Å². The third-order valence-electron chi connectivity index (χ3n) is 5.07. The van der Waals surface area contributed by atoms with Crippen molar-refractivity contribution in [1.82, 2.24) is 10.2 Å². The van der Waals surface area contributed by atoms with Crippen LogP contribution in [0, 0.1) is 0 Å². The Morgan fingerprint density at radius 1 is 1.14 bits per heavy atom. The van der Waals surface area contributed by atoms with Gasteiger partial charge in [0.1, 0.15) is 17.3 Å². The van der Waals surface area contributed by atoms with Crippen molar-refractivity contribution in [2.75, 3.05) is 33.4 Å². The van der Waals surface area contributed by atoms with E-state index in [4.69, 9.17) is 13.9 Å². The highest BCUT2D eigenvalue weighted by Gasteiger charge is 2.24. The Morgan fingerprint density at radius 3 is 2.57 bits per heavy atom. The summed E-state index contributed by atoms with van der Waals surface area (Å²) in [6.07, 6.45) is 6.50. The molecule has 1 unspecified atom stereocenters. The first kappa shape index (κ1) is 20.3. The minimum absolute atomic E-state index is 0.0481. The smallest absolute Gasteiger partial charge is 0.220 e. The molecular formula is C22H30N2O4. The van der Waals surface area contributed by atoms with Gasteiger partial charge in [0, 0.05) is 13.0 Å². The van der Waals surface area contributed by atoms with Gasteiger partial charge in [0.05, 0.1) is 26.0 Å². The molecule has 1 aromatic carbocycles. The Bertz CT molecular complexity index is 694. The van der Waals surface area contributed by atoms with Crippen LogP contribution in [-0.4, -0.2) is 44.2 Å². The van der Waals surface area contributed by atoms with E-state index in [2.05, 4.69) is 10.2 Å². The first-order valence-electron chi connectivity index (χ1n) is 10.1. The van der Waals surface area contributed by atoms with Crippen molar-refractivity contribution in [3.05, 3.63) is 48.4 Å². The van der Waals surface area contributed by atoms with Gasteiger partial charge >= 0.3 is 0 Å². The van der Waals surface area contributed by atoms with Gasteiger partial charge in [0.25, 0.3) is 0 Å². The number of amides is 1. The molecule has 0 saturated carbocycles. The van der Waals surface area contributed by atoms with E-state index in [9.17, 15) is 4.79 Å². The van der Waals surface area contributed by atoms with Gasteiger partial charge in [-0.15, -0.1) is 0 Å². The number of hydrogen-bond donors (Lipinski definition) is 1. The topological polar surface area (TPSA) is 63.9 Å². The number of nitrogens with one attached hydrogen (secondary N) is 1. The molecule has 3 rings (SSSR count). The zero-order chi connectivity index (χ0) is 19.6. The van der Waals surface area contributed by atoms with Gasteiger partial charge in [-0.1, -0.05) is 6.42 Å². The molecule has 2 heterocycles. The molecule has 1 atom stereocenters. The summed E-state index contributed by atoms with van der Waals surface area (Å²) < 4.78 is 16.4. The number of carbonyl (C=O) groups is 1. The van der Waals surface area contributed by atoms with E-state index in [1.807, 2.05) is 36.4 Å². The summed E-state index contributed by atoms with van der Waals surface area (Å²) in [6, 6.07) is 11.5. The Morgan fingerprint density at radius 2 is 1.89 bits per heavy atom. The van der Waals surface area contributed by atoms with Crippen molar-refractivity contribution in [2.24, 2.45) is 0 Å². The number of methoxy groups -OCH3 is 1. The number of benzene rings is 1. The first-order valence-corrected chi connectivity index (χ1v) is 10.1. The number of likely N-dealkylation sites (tertiary alicyclic amines) is 1. The number of nitrogens with zero attached hydrogens (tertiary/aromatic N) is 1. The minimum Gasteiger partial charge on any atom is -0.497 e. The van der Waals surface area contributed by atoms with Crippen LogP contribution in [0.2, 0.25) is 0 Å². The van der Waals surface area contributed by atoms with Crippen LogP contribution in [0.15, 0.2) is 47.1 Å². The summed E-state index contributed by atoms with van der Waals surface area (Å²) in [5, 5.41) is 3.07. The van der Waals surface area contributed by atoms with E-state index in [0.29, 0.717) is 26.0 Å². The Balaban J connectivity index is 1.39. The van der Waals surface area contributed by atoms with Crippen molar-refractivity contribution in [2.45, 2.75) is 38.1 Å². The van der Waals surface area contributed by atoms with Crippen LogP contribution in [0.5, 0.6) is 11.5 Å². The number of hydrogen-bond acceptors (Lipinski definition) is 5. The molecule has 1 amide bonds. The quantitative estimate of drug-likeness (QED) is 0.630. The van der Waals surface area contributed by atoms with E-state index in [1.54, 1.807) is 13.4 Å². The molecule has 1 saturated heterocycles. The molecule has 0 spiro atoms. The Kier molecular flexibility index (Phi) is 7.79. The van der Waals surface area contributed by atoms with Crippen LogP contribution in [-0.2, 0) is 4.79 Å². The van der Waals surface area contributed by atoms with Crippen molar-refractivity contribution >= 4 is 5.91 Å². The van der Waals surface area contributed by atoms with Crippen LogP contribution in [0.25, 0.3) is 0 Å². The summed E-state index contributed by atoms with van der Waals surface area (Å²) in [7, 11) is 1.64. The fourth-order valence-electron chi connectivity index (χ4n) is 3.51. The summed E-state index contributed by atoms with van der Waals surface area (Å²) >= 11 is 0. The average molecular weight is 386 g/mol. The predicted molar refractivity (Wildman–Crippen MR) is 108 cm³/mol. The van der Waals surface area contributed by atoms with Gasteiger partial charge in [-0.3, -0.25) is 9.69 Å². The van der Waals surface area contributed by atoms with Gasteiger partial charge in [-0.2, -0.15) is 0 Å². The maximum atomic E-state index is 12.3. The molecule has 1 fully saturated rings. The maximum Gasteiger partial charge on any atom is 0.220 e. The molecule has 2 aromatic rings. The lowest BCUT2D eigenvalue weighted by atomic mass is 10.1. The zero-order valence-electron chi connectivity index (χ0n) is 16.6. The van der Waals surface area contributed by atoms with Crippen LogP contribution in [0.1, 0.15) is 43.9 Å². The van der Waals surface area contributed by atoms with Crippen molar-refractivity contribution in [3.8, 4) is 11.5 Å². The number of carbonyl (C=O) groups excluding carboxylic acids is 1. The second-order valence-electron chi connectivity index (χ2n) is 7.06. The fraction of sp³-hybridized carbons (Fsp3) is 0.500. The van der Waals surface area contributed by atoms with Crippen LogP contribution < -0.4 is 14.8 Å². The molecule has 0 aliphatic carbocycles. The molecule has 1 N–H and O–H groups in total. The van der Waals surface area contributed by atoms with Gasteiger partial charge in [-0.25, -0.2) is 0 Å². The summed E-state index contributed by atoms with van der Waals surface area (Å²) in [5.74, 6) is 2.55. The van der Waals surface area contributed by atoms with Crippen molar-refractivity contribution < 1.29 is 18.7 Å². The highest BCUT2D eigenvalue weighted by Crippen LogP contribution is 2.24. The van der Waals surface area contributed by atoms with Crippen molar-refractivity contribution in [1.29, 1.82) is 0 Å². The first-order chi connectivity index (χ1) is 13.8. The monoisotopic (exact) mass is 386 g/mol. The molecule has 152 valence electrons. The van der Waals surface area contributed by atoms with Crippen molar-refractivity contribution in [3.63, 3.8) is 0 Å². The molecule has 28 heavy (non-hydrogen) atoms. The fourth-order valence-corrected chi connectivity index (χ4v) is 3.51. The van der Waals surface area contributed by atoms with E-state index in [0.717, 1.165) is 30.3 Å². The maximum absolute atomic E-state index is 12.3. The Labute approximate surface area is 166 Å². The van der Waals surface area contributed by atoms with Crippen LogP contribution in [0.3, 0.4) is 0 Å². The molecule has 6 heteroatoms. The lowest BCUT2D eigenvalue weighted by Gasteiger charge is -2.33. The minimum atomic E-state index is 0.0481. The highest BCUT2D eigenvalue weighted by atomic mass is 16.5. The predicted octanol–water partition coefficient (Wildman–Crippen LogP) is 3.79. The third-order valence-corrected chi connectivity index (χ3v) is 5.07. The molecule has 1 aromatic heterocycles. The average Bonchev–Trinajstić information content (AvgIpc) is 3.27. The number of rotatable bonds is 10. The summed E-state index contributed by atoms with van der Waals surface area (Å²) in [6.45, 7) is 3.19. The molecule has 0 radical (unpaired) electrons. The largest absolute Gasteiger partial charge is 0.497 e. The van der Waals surface area contributed by atoms with Gasteiger partial charge in [0.2, 0.25) is 5.91 Å². The molecule has 1 aliphatic heterocycles. The van der Waals surface area contributed by atoms with E-state index in [1.165, 1.54) is 19.3 Å². The van der Waals surface area contributed by atoms with Gasteiger partial charge in [-0.05, 0) is 68.8 Å². The highest BCUT2D eigenvalue weighted by molar-refractivity contribution is 5.75. The zero-order valence-corrected chi connectivity index (χ0v) is 16.6. The van der Waals surface area contributed by atoms with Gasteiger partial charge in [0.15, 0.2) is 0 Å². The second-order valence-corrected chi connectivity index (χ2v) is 7.06. The lowest BCUT2D eigenvalue weighted by molar-refractivity contribution is -0.121. The lowest BCUT2D eigenvalue weighted by Crippen LogP contribution is -2.40. The van der Waals surface area contributed by atoms with Gasteiger partial charge < -0.3 is 19.2 Å². The SMILES string of the molecule is COc1ccc(OCCCC(=O)NCC(c2ccco2)N2CCCCC2)cc1. The standard InChI is InChI=1S/C22H30N2O4/c1-26-18-9-11-19(12-10-18)27-15-6-8-22(25)23-17-20(21-7-5-16-28-21)24-13-3-2-4-14-24/h5,7,9-12,16,20H,2-4,6,8,13-15,17H2,1H3,(H,23,25). The Hall–Kier alpha value is -2.47. The molecule has 1 aliphatic rings. The summed E-state index contributed by atoms with van der Waals surface area (Å²) in [5.41, 5.74) is 0. The number of ether oxygens (including phenoxy) is 2.